The SMILES string of the molecule is COC(=O)c1ccc(C)c(-n2c(N)c(C(=O)NCc3ccc(OC)cc3)sc2=S)c1. The van der Waals surface area contributed by atoms with Crippen molar-refractivity contribution in [2.24, 2.45) is 0 Å². The van der Waals surface area contributed by atoms with Crippen molar-refractivity contribution in [2.45, 2.75) is 13.5 Å². The third-order valence-electron chi connectivity index (χ3n) is 4.53. The summed E-state index contributed by atoms with van der Waals surface area (Å²) in [6.07, 6.45) is 0. The summed E-state index contributed by atoms with van der Waals surface area (Å²) in [5, 5.41) is 2.86. The first-order valence-corrected chi connectivity index (χ1v) is 10.2. The van der Waals surface area contributed by atoms with E-state index in [9.17, 15) is 9.59 Å². The van der Waals surface area contributed by atoms with Crippen molar-refractivity contribution >= 4 is 41.2 Å². The Morgan fingerprint density at radius 3 is 2.50 bits per heavy atom. The standard InChI is InChI=1S/C21H21N3O4S2/c1-12-4-7-14(20(26)28-3)10-16(12)24-18(22)17(30-21(24)29)19(25)23-11-13-5-8-15(27-2)9-6-13/h4-10H,11,22H2,1-3H3,(H,23,25). The second-order valence-electron chi connectivity index (χ2n) is 6.44. The van der Waals surface area contributed by atoms with Crippen LogP contribution in [0.3, 0.4) is 0 Å². The van der Waals surface area contributed by atoms with Crippen LogP contribution in [0.1, 0.15) is 31.2 Å². The molecule has 1 amide bonds. The molecule has 2 aromatic carbocycles. The van der Waals surface area contributed by atoms with Crippen molar-refractivity contribution in [1.29, 1.82) is 0 Å². The lowest BCUT2D eigenvalue weighted by Gasteiger charge is -2.11. The molecule has 7 nitrogen and oxygen atoms in total. The average Bonchev–Trinajstić information content (AvgIpc) is 3.06. The molecule has 30 heavy (non-hydrogen) atoms. The van der Waals surface area contributed by atoms with Gasteiger partial charge in [-0.15, -0.1) is 0 Å². The maximum absolute atomic E-state index is 12.7. The molecule has 1 aromatic heterocycles. The number of carbonyl (C=O) groups is 2. The molecule has 9 heteroatoms. The van der Waals surface area contributed by atoms with Crippen LogP contribution >= 0.6 is 23.6 Å². The molecular weight excluding hydrogens is 422 g/mol. The molecule has 0 saturated heterocycles. The summed E-state index contributed by atoms with van der Waals surface area (Å²) in [5.41, 5.74) is 9.07. The van der Waals surface area contributed by atoms with E-state index in [1.54, 1.807) is 29.9 Å². The van der Waals surface area contributed by atoms with Crippen LogP contribution in [0.25, 0.3) is 5.69 Å². The van der Waals surface area contributed by atoms with E-state index in [2.05, 4.69) is 5.32 Å². The van der Waals surface area contributed by atoms with Gasteiger partial charge in [0.2, 0.25) is 0 Å². The summed E-state index contributed by atoms with van der Waals surface area (Å²) >= 11 is 6.57. The van der Waals surface area contributed by atoms with Gasteiger partial charge in [0.25, 0.3) is 5.91 Å². The summed E-state index contributed by atoms with van der Waals surface area (Å²) < 4.78 is 11.9. The van der Waals surface area contributed by atoms with Crippen LogP contribution in [-0.2, 0) is 11.3 Å². The summed E-state index contributed by atoms with van der Waals surface area (Å²) in [6, 6.07) is 12.5. The molecular formula is C21H21N3O4S2. The van der Waals surface area contributed by atoms with Gasteiger partial charge >= 0.3 is 5.97 Å². The van der Waals surface area contributed by atoms with Gasteiger partial charge in [0.1, 0.15) is 16.4 Å². The number of nitrogen functional groups attached to an aromatic ring is 1. The number of ether oxygens (including phenoxy) is 2. The number of benzene rings is 2. The van der Waals surface area contributed by atoms with Gasteiger partial charge < -0.3 is 20.5 Å². The fraction of sp³-hybridized carbons (Fsp3) is 0.190. The zero-order valence-corrected chi connectivity index (χ0v) is 18.4. The van der Waals surface area contributed by atoms with E-state index in [0.29, 0.717) is 26.6 Å². The number of aromatic nitrogens is 1. The highest BCUT2D eigenvalue weighted by molar-refractivity contribution is 7.73. The van der Waals surface area contributed by atoms with Crippen molar-refractivity contribution in [1.82, 2.24) is 9.88 Å². The highest BCUT2D eigenvalue weighted by atomic mass is 32.1. The van der Waals surface area contributed by atoms with E-state index in [0.717, 1.165) is 28.2 Å². The van der Waals surface area contributed by atoms with E-state index in [4.69, 9.17) is 27.4 Å². The molecule has 0 bridgehead atoms. The summed E-state index contributed by atoms with van der Waals surface area (Å²) in [6.45, 7) is 2.21. The number of anilines is 1. The van der Waals surface area contributed by atoms with E-state index in [1.165, 1.54) is 7.11 Å². The molecule has 0 spiro atoms. The number of nitrogens with two attached hydrogens (primary N) is 1. The molecule has 0 aliphatic rings. The quantitative estimate of drug-likeness (QED) is 0.443. The van der Waals surface area contributed by atoms with E-state index in [1.807, 2.05) is 31.2 Å². The van der Waals surface area contributed by atoms with Gasteiger partial charge in [0, 0.05) is 6.54 Å². The zero-order chi connectivity index (χ0) is 21.8. The Bertz CT molecular complexity index is 1150. The minimum absolute atomic E-state index is 0.224. The smallest absolute Gasteiger partial charge is 0.337 e. The molecule has 3 N–H and O–H groups in total. The third kappa shape index (κ3) is 4.37. The number of hydrogen-bond donors (Lipinski definition) is 2. The Balaban J connectivity index is 1.87. The van der Waals surface area contributed by atoms with Crippen molar-refractivity contribution < 1.29 is 19.1 Å². The number of amides is 1. The number of nitrogens with zero attached hydrogens (tertiary/aromatic N) is 1. The number of hydrogen-bond acceptors (Lipinski definition) is 7. The minimum atomic E-state index is -0.464. The summed E-state index contributed by atoms with van der Waals surface area (Å²) in [5.74, 6) is 0.185. The van der Waals surface area contributed by atoms with Crippen molar-refractivity contribution in [3.63, 3.8) is 0 Å². The molecule has 0 unspecified atom stereocenters. The second kappa shape index (κ2) is 9.10. The first-order valence-electron chi connectivity index (χ1n) is 8.97. The Morgan fingerprint density at radius 2 is 1.87 bits per heavy atom. The number of aryl methyl sites for hydroxylation is 1. The van der Waals surface area contributed by atoms with Crippen LogP contribution in [0.4, 0.5) is 5.82 Å². The van der Waals surface area contributed by atoms with Gasteiger partial charge in [0.05, 0.1) is 25.5 Å². The van der Waals surface area contributed by atoms with E-state index < -0.39 is 5.97 Å². The maximum Gasteiger partial charge on any atom is 0.337 e. The Labute approximate surface area is 183 Å². The Morgan fingerprint density at radius 1 is 1.17 bits per heavy atom. The normalized spacial score (nSPS) is 10.5. The predicted octanol–water partition coefficient (Wildman–Crippen LogP) is 3.88. The number of thiazole rings is 1. The van der Waals surface area contributed by atoms with E-state index >= 15 is 0 Å². The topological polar surface area (TPSA) is 95.6 Å². The maximum atomic E-state index is 12.7. The number of carbonyl (C=O) groups excluding carboxylic acids is 2. The lowest BCUT2D eigenvalue weighted by Crippen LogP contribution is -2.23. The number of nitrogens with one attached hydrogen (secondary N) is 1. The van der Waals surface area contributed by atoms with Crippen LogP contribution in [-0.4, -0.2) is 30.7 Å². The van der Waals surface area contributed by atoms with E-state index in [-0.39, 0.29) is 11.7 Å². The highest BCUT2D eigenvalue weighted by Gasteiger charge is 2.20. The first-order chi connectivity index (χ1) is 14.3. The summed E-state index contributed by atoms with van der Waals surface area (Å²) in [4.78, 5) is 24.9. The summed E-state index contributed by atoms with van der Waals surface area (Å²) in [7, 11) is 2.91. The van der Waals surface area contributed by atoms with Crippen LogP contribution in [0.2, 0.25) is 0 Å². The van der Waals surface area contributed by atoms with Gasteiger partial charge in [0.15, 0.2) is 3.95 Å². The van der Waals surface area contributed by atoms with Crippen LogP contribution in [0.5, 0.6) is 5.75 Å². The van der Waals surface area contributed by atoms with Crippen LogP contribution < -0.4 is 15.8 Å². The second-order valence-corrected chi connectivity index (χ2v) is 8.09. The van der Waals surface area contributed by atoms with Gasteiger partial charge in [-0.1, -0.05) is 29.5 Å². The van der Waals surface area contributed by atoms with Crippen molar-refractivity contribution in [2.75, 3.05) is 20.0 Å². The average molecular weight is 444 g/mol. The van der Waals surface area contributed by atoms with Gasteiger partial charge in [-0.05, 0) is 54.5 Å². The van der Waals surface area contributed by atoms with Crippen molar-refractivity contribution in [3.05, 3.63) is 68.0 Å². The lowest BCUT2D eigenvalue weighted by molar-refractivity contribution is 0.0600. The minimum Gasteiger partial charge on any atom is -0.497 e. The Hall–Kier alpha value is -3.17. The predicted molar refractivity (Wildman–Crippen MR) is 119 cm³/mol. The van der Waals surface area contributed by atoms with Gasteiger partial charge in [-0.25, -0.2) is 4.79 Å². The third-order valence-corrected chi connectivity index (χ3v) is 5.92. The molecule has 0 atom stereocenters. The largest absolute Gasteiger partial charge is 0.497 e. The molecule has 156 valence electrons. The van der Waals surface area contributed by atoms with Gasteiger partial charge in [-0.2, -0.15) is 0 Å². The fourth-order valence-corrected chi connectivity index (χ4v) is 4.15. The number of esters is 1. The highest BCUT2D eigenvalue weighted by Crippen LogP contribution is 2.28. The number of methoxy groups -OCH3 is 2. The first kappa shape index (κ1) is 21.5. The van der Waals surface area contributed by atoms with Crippen LogP contribution in [0, 0.1) is 10.9 Å². The number of rotatable bonds is 6. The molecule has 0 fully saturated rings. The molecule has 1 heterocycles. The molecule has 3 aromatic rings. The van der Waals surface area contributed by atoms with Gasteiger partial charge in [-0.3, -0.25) is 9.36 Å². The van der Waals surface area contributed by atoms with Crippen molar-refractivity contribution in [3.8, 4) is 11.4 Å². The van der Waals surface area contributed by atoms with Crippen LogP contribution in [0.15, 0.2) is 42.5 Å². The fourth-order valence-electron chi connectivity index (χ4n) is 2.88. The molecule has 3 rings (SSSR count). The molecule has 0 aliphatic heterocycles. The molecule has 0 aliphatic carbocycles. The lowest BCUT2D eigenvalue weighted by atomic mass is 10.1. The zero-order valence-electron chi connectivity index (χ0n) is 16.7. The monoisotopic (exact) mass is 443 g/mol. The Kier molecular flexibility index (Phi) is 6.53. The molecule has 0 saturated carbocycles. The molecule has 0 radical (unpaired) electrons.